The van der Waals surface area contributed by atoms with Crippen molar-refractivity contribution in [1.82, 2.24) is 10.2 Å². The number of hydrogen-bond acceptors (Lipinski definition) is 6. The molecule has 2 aromatic rings. The molecular weight excluding hydrogens is 396 g/mol. The van der Waals surface area contributed by atoms with Crippen LogP contribution in [0.5, 0.6) is 0 Å². The van der Waals surface area contributed by atoms with E-state index in [-0.39, 0.29) is 11.9 Å². The van der Waals surface area contributed by atoms with Crippen LogP contribution in [-0.4, -0.2) is 55.2 Å². The summed E-state index contributed by atoms with van der Waals surface area (Å²) in [7, 11) is 0. The first-order chi connectivity index (χ1) is 13.3. The van der Waals surface area contributed by atoms with Gasteiger partial charge in [0.25, 0.3) is 5.91 Å². The Bertz CT molecular complexity index is 724. The minimum atomic E-state index is 0.00286. The molecule has 1 N–H and O–H groups in total. The third-order valence-electron chi connectivity index (χ3n) is 4.88. The summed E-state index contributed by atoms with van der Waals surface area (Å²) in [5.41, 5.74) is 2.04. The number of ether oxygens (including phenoxy) is 1. The van der Waals surface area contributed by atoms with Gasteiger partial charge in [0.1, 0.15) is 0 Å². The summed E-state index contributed by atoms with van der Waals surface area (Å²) in [5, 5.41) is 5.25. The molecule has 0 radical (unpaired) electrons. The molecule has 0 spiro atoms. The lowest BCUT2D eigenvalue weighted by atomic mass is 10.1. The van der Waals surface area contributed by atoms with Gasteiger partial charge in [-0.15, -0.1) is 34.9 Å². The van der Waals surface area contributed by atoms with E-state index in [2.05, 4.69) is 39.9 Å². The second-order valence-corrected chi connectivity index (χ2v) is 10.3. The lowest BCUT2D eigenvalue weighted by Gasteiger charge is -2.34. The largest absolute Gasteiger partial charge is 0.379 e. The average Bonchev–Trinajstić information content (AvgIpc) is 3.43. The summed E-state index contributed by atoms with van der Waals surface area (Å²) in [6, 6.07) is 12.6. The van der Waals surface area contributed by atoms with Gasteiger partial charge in [-0.1, -0.05) is 18.2 Å². The number of thiophene rings is 1. The summed E-state index contributed by atoms with van der Waals surface area (Å²) in [6.45, 7) is 3.95. The first-order valence-corrected chi connectivity index (χ1v) is 12.3. The first-order valence-electron chi connectivity index (χ1n) is 9.28. The van der Waals surface area contributed by atoms with Crippen molar-refractivity contribution in [1.29, 1.82) is 0 Å². The van der Waals surface area contributed by atoms with Gasteiger partial charge in [0.15, 0.2) is 0 Å². The summed E-state index contributed by atoms with van der Waals surface area (Å²) >= 11 is 5.72. The Labute approximate surface area is 173 Å². The smallest absolute Gasteiger partial charge is 0.251 e. The van der Waals surface area contributed by atoms with Gasteiger partial charge in [0, 0.05) is 41.6 Å². The number of benzene rings is 1. The molecule has 2 saturated heterocycles. The van der Waals surface area contributed by atoms with Crippen LogP contribution in [0.1, 0.15) is 31.4 Å². The minimum absolute atomic E-state index is 0.00286. The maximum absolute atomic E-state index is 12.7. The van der Waals surface area contributed by atoms with Crippen LogP contribution in [-0.2, 0) is 4.74 Å². The van der Waals surface area contributed by atoms with Crippen molar-refractivity contribution in [3.05, 3.63) is 57.8 Å². The van der Waals surface area contributed by atoms with E-state index >= 15 is 0 Å². The maximum Gasteiger partial charge on any atom is 0.251 e. The summed E-state index contributed by atoms with van der Waals surface area (Å²) in [4.78, 5) is 16.4. The average molecular weight is 421 g/mol. The van der Waals surface area contributed by atoms with Gasteiger partial charge in [-0.3, -0.25) is 9.69 Å². The van der Waals surface area contributed by atoms with Crippen LogP contribution in [0.25, 0.3) is 0 Å². The number of carbonyl (C=O) groups is 1. The van der Waals surface area contributed by atoms with Crippen molar-refractivity contribution in [3.63, 3.8) is 0 Å². The van der Waals surface area contributed by atoms with Crippen molar-refractivity contribution >= 4 is 40.8 Å². The quantitative estimate of drug-likeness (QED) is 0.764. The van der Waals surface area contributed by atoms with E-state index in [1.54, 1.807) is 11.3 Å². The topological polar surface area (TPSA) is 41.6 Å². The zero-order chi connectivity index (χ0) is 18.5. The van der Waals surface area contributed by atoms with E-state index in [1.807, 2.05) is 35.7 Å². The van der Waals surface area contributed by atoms with Gasteiger partial charge in [-0.2, -0.15) is 0 Å². The van der Waals surface area contributed by atoms with Crippen molar-refractivity contribution in [2.45, 2.75) is 10.6 Å². The highest BCUT2D eigenvalue weighted by Crippen LogP contribution is 2.45. The van der Waals surface area contributed by atoms with Gasteiger partial charge in [0.2, 0.25) is 0 Å². The monoisotopic (exact) mass is 420 g/mol. The van der Waals surface area contributed by atoms with E-state index in [0.717, 1.165) is 31.9 Å². The van der Waals surface area contributed by atoms with Crippen LogP contribution in [0.15, 0.2) is 41.8 Å². The Morgan fingerprint density at radius 1 is 1.15 bits per heavy atom. The second-order valence-electron chi connectivity index (χ2n) is 6.59. The molecule has 1 atom stereocenters. The Morgan fingerprint density at radius 2 is 1.89 bits per heavy atom. The molecule has 0 unspecified atom stereocenters. The van der Waals surface area contributed by atoms with Crippen LogP contribution >= 0.6 is 34.9 Å². The zero-order valence-electron chi connectivity index (χ0n) is 15.1. The van der Waals surface area contributed by atoms with Gasteiger partial charge < -0.3 is 10.1 Å². The van der Waals surface area contributed by atoms with Crippen LogP contribution in [0.4, 0.5) is 0 Å². The van der Waals surface area contributed by atoms with Crippen molar-refractivity contribution in [2.75, 3.05) is 44.4 Å². The fraction of sp³-hybridized carbons (Fsp3) is 0.450. The Balaban J connectivity index is 1.38. The number of thioether (sulfide) groups is 2. The second kappa shape index (κ2) is 9.47. The third-order valence-corrected chi connectivity index (χ3v) is 8.96. The first kappa shape index (κ1) is 19.3. The molecule has 2 fully saturated rings. The molecule has 144 valence electrons. The molecule has 4 rings (SSSR count). The van der Waals surface area contributed by atoms with Crippen molar-refractivity contribution in [3.8, 4) is 0 Å². The molecule has 7 heteroatoms. The predicted octanol–water partition coefficient (Wildman–Crippen LogP) is 4.03. The zero-order valence-corrected chi connectivity index (χ0v) is 17.6. The number of hydrogen-bond donors (Lipinski definition) is 1. The highest BCUT2D eigenvalue weighted by Gasteiger charge is 2.24. The Morgan fingerprint density at radius 3 is 2.56 bits per heavy atom. The summed E-state index contributed by atoms with van der Waals surface area (Å²) < 4.78 is 6.01. The molecule has 27 heavy (non-hydrogen) atoms. The van der Waals surface area contributed by atoms with E-state index < -0.39 is 0 Å². The third kappa shape index (κ3) is 4.90. The Hall–Kier alpha value is -0.990. The molecule has 4 nitrogen and oxygen atoms in total. The number of nitrogens with one attached hydrogen (secondary N) is 1. The number of amides is 1. The minimum Gasteiger partial charge on any atom is -0.379 e. The molecule has 0 aliphatic carbocycles. The SMILES string of the molecule is O=C(NC[C@@H](c1cccs1)N1CCOCC1)c1ccc(C2SCCS2)cc1. The molecule has 2 aliphatic rings. The fourth-order valence-corrected chi connectivity index (χ4v) is 7.13. The van der Waals surface area contributed by atoms with Crippen LogP contribution in [0.2, 0.25) is 0 Å². The summed E-state index contributed by atoms with van der Waals surface area (Å²) in [6.07, 6.45) is 0. The van der Waals surface area contributed by atoms with Crippen molar-refractivity contribution < 1.29 is 9.53 Å². The molecule has 1 amide bonds. The molecule has 0 saturated carbocycles. The van der Waals surface area contributed by atoms with Gasteiger partial charge in [-0.05, 0) is 29.1 Å². The highest BCUT2D eigenvalue weighted by atomic mass is 32.2. The molecule has 3 heterocycles. The highest BCUT2D eigenvalue weighted by molar-refractivity contribution is 8.19. The van der Waals surface area contributed by atoms with Crippen molar-refractivity contribution in [2.24, 2.45) is 0 Å². The molecule has 1 aromatic heterocycles. The van der Waals surface area contributed by atoms with E-state index in [1.165, 1.54) is 21.9 Å². The number of morpholine rings is 1. The van der Waals surface area contributed by atoms with Gasteiger partial charge >= 0.3 is 0 Å². The van der Waals surface area contributed by atoms with Crippen LogP contribution in [0, 0.1) is 0 Å². The molecule has 2 aliphatic heterocycles. The maximum atomic E-state index is 12.7. The van der Waals surface area contributed by atoms with Crippen LogP contribution in [0.3, 0.4) is 0 Å². The normalized spacial score (nSPS) is 19.9. The molecule has 0 bridgehead atoms. The van der Waals surface area contributed by atoms with Gasteiger partial charge in [-0.25, -0.2) is 0 Å². The number of rotatable bonds is 6. The number of nitrogens with zero attached hydrogens (tertiary/aromatic N) is 1. The predicted molar refractivity (Wildman–Crippen MR) is 116 cm³/mol. The lowest BCUT2D eigenvalue weighted by molar-refractivity contribution is 0.0169. The lowest BCUT2D eigenvalue weighted by Crippen LogP contribution is -2.43. The van der Waals surface area contributed by atoms with E-state index in [9.17, 15) is 4.79 Å². The Kier molecular flexibility index (Phi) is 6.78. The van der Waals surface area contributed by atoms with E-state index in [4.69, 9.17) is 4.74 Å². The van der Waals surface area contributed by atoms with Crippen LogP contribution < -0.4 is 5.32 Å². The van der Waals surface area contributed by atoms with Gasteiger partial charge in [0.05, 0.1) is 23.8 Å². The number of carbonyl (C=O) groups excluding carboxylic acids is 1. The standard InChI is InChI=1S/C20H24N2O2S3/c23-19(15-3-5-16(6-4-15)20-26-12-13-27-20)21-14-17(18-2-1-11-25-18)22-7-9-24-10-8-22/h1-6,11,17,20H,7-10,12-14H2,(H,21,23)/t17-/m0/s1. The fourth-order valence-electron chi connectivity index (χ4n) is 3.41. The molecule has 1 aromatic carbocycles. The molecular formula is C20H24N2O2S3. The van der Waals surface area contributed by atoms with E-state index in [0.29, 0.717) is 11.1 Å². The summed E-state index contributed by atoms with van der Waals surface area (Å²) in [5.74, 6) is 2.43.